The van der Waals surface area contributed by atoms with Crippen molar-refractivity contribution in [2.75, 3.05) is 5.75 Å². The van der Waals surface area contributed by atoms with Gasteiger partial charge in [0, 0.05) is 24.7 Å². The smallest absolute Gasteiger partial charge is 0.297 e. The summed E-state index contributed by atoms with van der Waals surface area (Å²) in [5.41, 5.74) is 5.73. The lowest BCUT2D eigenvalue weighted by Crippen LogP contribution is -2.02. The summed E-state index contributed by atoms with van der Waals surface area (Å²) in [5.74, 6) is -0.592. The first-order valence-corrected chi connectivity index (χ1v) is 8.72. The number of aromatic nitrogens is 4. The molecular formula is C14H14ClF2N5OS2. The first kappa shape index (κ1) is 19.7. The van der Waals surface area contributed by atoms with Gasteiger partial charge in [-0.05, 0) is 12.1 Å². The Morgan fingerprint density at radius 2 is 2.16 bits per heavy atom. The molecule has 0 saturated carbocycles. The van der Waals surface area contributed by atoms with Gasteiger partial charge in [0.1, 0.15) is 5.03 Å². The van der Waals surface area contributed by atoms with Gasteiger partial charge in [-0.3, -0.25) is 9.48 Å². The summed E-state index contributed by atoms with van der Waals surface area (Å²) >= 11 is 2.44. The highest BCUT2D eigenvalue weighted by molar-refractivity contribution is 8.00. The highest BCUT2D eigenvalue weighted by Crippen LogP contribution is 2.28. The molecule has 0 unspecified atom stereocenters. The van der Waals surface area contributed by atoms with E-state index in [1.54, 1.807) is 19.3 Å². The van der Waals surface area contributed by atoms with Crippen LogP contribution in [0.1, 0.15) is 26.8 Å². The predicted octanol–water partition coefficient (Wildman–Crippen LogP) is 3.22. The Labute approximate surface area is 156 Å². The van der Waals surface area contributed by atoms with E-state index in [0.717, 1.165) is 16.6 Å². The number of thiophene rings is 1. The lowest BCUT2D eigenvalue weighted by molar-refractivity contribution is 0.102. The number of halogens is 3. The van der Waals surface area contributed by atoms with Gasteiger partial charge in [0.2, 0.25) is 0 Å². The molecule has 3 rings (SSSR count). The molecule has 0 bridgehead atoms. The number of alkyl halides is 2. The van der Waals surface area contributed by atoms with E-state index >= 15 is 0 Å². The predicted molar refractivity (Wildman–Crippen MR) is 95.8 cm³/mol. The number of thioether (sulfide) groups is 1. The van der Waals surface area contributed by atoms with Crippen LogP contribution in [0.15, 0.2) is 23.4 Å². The Morgan fingerprint density at radius 1 is 1.40 bits per heavy atom. The second kappa shape index (κ2) is 8.17. The Balaban J connectivity index is 0.00000225. The van der Waals surface area contributed by atoms with Crippen LogP contribution < -0.4 is 5.73 Å². The maximum atomic E-state index is 12.9. The molecule has 134 valence electrons. The van der Waals surface area contributed by atoms with Crippen LogP contribution >= 0.6 is 35.5 Å². The molecule has 0 atom stereocenters. The molecule has 3 aromatic rings. The van der Waals surface area contributed by atoms with Crippen molar-refractivity contribution in [2.24, 2.45) is 12.8 Å². The summed E-state index contributed by atoms with van der Waals surface area (Å²) in [7, 11) is 1.67. The molecule has 11 heteroatoms. The topological polar surface area (TPSA) is 86.7 Å². The van der Waals surface area contributed by atoms with Gasteiger partial charge < -0.3 is 5.73 Å². The third-order valence-electron chi connectivity index (χ3n) is 3.15. The van der Waals surface area contributed by atoms with Crippen LogP contribution in [0.3, 0.4) is 0 Å². The van der Waals surface area contributed by atoms with Crippen molar-refractivity contribution in [3.63, 3.8) is 0 Å². The van der Waals surface area contributed by atoms with Crippen molar-refractivity contribution in [3.05, 3.63) is 33.9 Å². The van der Waals surface area contributed by atoms with E-state index in [9.17, 15) is 13.6 Å². The molecule has 3 aromatic heterocycles. The first-order chi connectivity index (χ1) is 11.5. The van der Waals surface area contributed by atoms with E-state index in [-0.39, 0.29) is 29.6 Å². The number of nitrogens with two attached hydrogens (primary N) is 1. The summed E-state index contributed by atoms with van der Waals surface area (Å²) in [6.07, 6.45) is -1.15. The number of rotatable bonds is 6. The summed E-state index contributed by atoms with van der Waals surface area (Å²) in [6, 6.07) is 3.53. The minimum absolute atomic E-state index is 0. The van der Waals surface area contributed by atoms with Gasteiger partial charge >= 0.3 is 0 Å². The Morgan fingerprint density at radius 3 is 2.80 bits per heavy atom. The van der Waals surface area contributed by atoms with E-state index in [2.05, 4.69) is 15.1 Å². The summed E-state index contributed by atoms with van der Waals surface area (Å²) in [5, 5.41) is 4.91. The fourth-order valence-electron chi connectivity index (χ4n) is 2.06. The van der Waals surface area contributed by atoms with E-state index in [4.69, 9.17) is 5.73 Å². The van der Waals surface area contributed by atoms with Crippen LogP contribution in [-0.2, 0) is 13.6 Å². The lowest BCUT2D eigenvalue weighted by atomic mass is 10.3. The third kappa shape index (κ3) is 4.32. The average molecular weight is 406 g/mol. The fourth-order valence-corrected chi connectivity index (χ4v) is 3.85. The van der Waals surface area contributed by atoms with Gasteiger partial charge in [-0.2, -0.15) is 5.10 Å². The van der Waals surface area contributed by atoms with Crippen LogP contribution in [0.25, 0.3) is 11.0 Å². The van der Waals surface area contributed by atoms with Gasteiger partial charge in [0.25, 0.3) is 6.43 Å². The van der Waals surface area contributed by atoms with Crippen LogP contribution in [0.4, 0.5) is 8.78 Å². The van der Waals surface area contributed by atoms with Crippen molar-refractivity contribution in [3.8, 4) is 0 Å². The maximum absolute atomic E-state index is 12.9. The zero-order chi connectivity index (χ0) is 17.3. The second-order valence-corrected chi connectivity index (χ2v) is 7.04. The molecule has 3 heterocycles. The van der Waals surface area contributed by atoms with Crippen molar-refractivity contribution >= 4 is 52.3 Å². The van der Waals surface area contributed by atoms with Crippen molar-refractivity contribution in [1.29, 1.82) is 0 Å². The Kier molecular flexibility index (Phi) is 6.44. The quantitative estimate of drug-likeness (QED) is 0.385. The number of carbonyl (C=O) groups excluding carboxylic acids is 1. The zero-order valence-corrected chi connectivity index (χ0v) is 15.4. The maximum Gasteiger partial charge on any atom is 0.297 e. The van der Waals surface area contributed by atoms with Crippen molar-refractivity contribution in [2.45, 2.75) is 18.0 Å². The van der Waals surface area contributed by atoms with Crippen molar-refractivity contribution in [1.82, 2.24) is 19.7 Å². The summed E-state index contributed by atoms with van der Waals surface area (Å²) in [4.78, 5) is 21.4. The van der Waals surface area contributed by atoms with Gasteiger partial charge in [-0.15, -0.1) is 23.7 Å². The van der Waals surface area contributed by atoms with Crippen molar-refractivity contribution < 1.29 is 13.6 Å². The average Bonchev–Trinajstić information content (AvgIpc) is 3.17. The normalized spacial score (nSPS) is 11.1. The summed E-state index contributed by atoms with van der Waals surface area (Å²) in [6.45, 7) is 0.380. The van der Waals surface area contributed by atoms with Gasteiger partial charge in [0.05, 0.1) is 16.0 Å². The molecule has 0 aliphatic rings. The molecule has 0 aromatic carbocycles. The highest BCUT2D eigenvalue weighted by atomic mass is 35.5. The van der Waals surface area contributed by atoms with E-state index in [1.807, 2.05) is 6.07 Å². The van der Waals surface area contributed by atoms with Gasteiger partial charge in [-0.1, -0.05) is 11.8 Å². The molecule has 6 nitrogen and oxygen atoms in total. The molecule has 0 saturated heterocycles. The van der Waals surface area contributed by atoms with Crippen LogP contribution in [0.2, 0.25) is 0 Å². The minimum atomic E-state index is -2.80. The minimum Gasteiger partial charge on any atom is -0.326 e. The standard InChI is InChI=1S/C14H13F2N5OS2.ClH/c1-21-5-8-12(20-21)18-13(11(15)16)19-14(8)23-6-9(22)10-3-2-7(4-17)24-10;/h2-3,5,11H,4,6,17H2,1H3;1H. The monoisotopic (exact) mass is 405 g/mol. The highest BCUT2D eigenvalue weighted by Gasteiger charge is 2.19. The largest absolute Gasteiger partial charge is 0.326 e. The lowest BCUT2D eigenvalue weighted by Gasteiger charge is -2.04. The molecule has 25 heavy (non-hydrogen) atoms. The number of carbonyl (C=O) groups is 1. The zero-order valence-electron chi connectivity index (χ0n) is 13.0. The second-order valence-electron chi connectivity index (χ2n) is 4.91. The van der Waals surface area contributed by atoms with Gasteiger partial charge in [-0.25, -0.2) is 18.7 Å². The Bertz CT molecular complexity index is 899. The third-order valence-corrected chi connectivity index (χ3v) is 5.29. The number of nitrogens with zero attached hydrogens (tertiary/aromatic N) is 4. The molecule has 0 aliphatic heterocycles. The molecule has 0 radical (unpaired) electrons. The molecule has 2 N–H and O–H groups in total. The van der Waals surface area contributed by atoms with Gasteiger partial charge in [0.15, 0.2) is 17.3 Å². The van der Waals surface area contributed by atoms with Crippen LogP contribution in [-0.4, -0.2) is 31.3 Å². The van der Waals surface area contributed by atoms with Crippen LogP contribution in [0, 0.1) is 0 Å². The fraction of sp³-hybridized carbons (Fsp3) is 0.286. The number of hydrogen-bond donors (Lipinski definition) is 1. The Hall–Kier alpha value is -1.62. The number of aryl methyl sites for hydroxylation is 1. The number of ketones is 1. The molecular weight excluding hydrogens is 392 g/mol. The number of Topliss-reactive ketones (excluding diaryl/α,β-unsaturated/α-hetero) is 1. The summed E-state index contributed by atoms with van der Waals surface area (Å²) < 4.78 is 27.4. The first-order valence-electron chi connectivity index (χ1n) is 6.92. The molecule has 0 amide bonds. The molecule has 0 aliphatic carbocycles. The SMILES string of the molecule is Cl.Cn1cc2c(SCC(=O)c3ccc(CN)s3)nc(C(F)F)nc2n1. The van der Waals surface area contributed by atoms with Crippen LogP contribution in [0.5, 0.6) is 0 Å². The number of hydrogen-bond acceptors (Lipinski definition) is 7. The van der Waals surface area contributed by atoms with E-state index < -0.39 is 12.2 Å². The number of fused-ring (bicyclic) bond motifs is 1. The molecule has 0 spiro atoms. The van der Waals surface area contributed by atoms with E-state index in [0.29, 0.717) is 21.8 Å². The van der Waals surface area contributed by atoms with E-state index in [1.165, 1.54) is 16.0 Å². The molecule has 0 fully saturated rings.